The van der Waals surface area contributed by atoms with Gasteiger partial charge in [-0.15, -0.1) is 24.0 Å². The van der Waals surface area contributed by atoms with E-state index >= 15 is 0 Å². The van der Waals surface area contributed by atoms with Crippen LogP contribution in [0.4, 0.5) is 5.69 Å². The Morgan fingerprint density at radius 3 is 3.04 bits per heavy atom. The Bertz CT molecular complexity index is 719. The van der Waals surface area contributed by atoms with E-state index < -0.39 is 0 Å². The standard InChI is InChI=1S/C17H23N5O2.HI/c1-22-15(6-8-20-22)16-12(7-9-24-16)11-19-17(18)21-13-4-3-5-14(10-13)23-2;/h3-6,8,10,12,16H,7,9,11H2,1-2H3,(H3,18,19,21);1H/t12-,16+;/m0./s1. The molecule has 1 aromatic carbocycles. The number of benzene rings is 1. The van der Waals surface area contributed by atoms with Crippen LogP contribution in [0, 0.1) is 5.92 Å². The Morgan fingerprint density at radius 1 is 1.48 bits per heavy atom. The number of nitrogens with two attached hydrogens (primary N) is 1. The second-order valence-electron chi connectivity index (χ2n) is 5.80. The second kappa shape index (κ2) is 9.04. The third-order valence-corrected chi connectivity index (χ3v) is 4.20. The second-order valence-corrected chi connectivity index (χ2v) is 5.80. The van der Waals surface area contributed by atoms with E-state index in [1.165, 1.54) is 0 Å². The summed E-state index contributed by atoms with van der Waals surface area (Å²) in [6, 6.07) is 9.57. The molecule has 25 heavy (non-hydrogen) atoms. The van der Waals surface area contributed by atoms with Crippen LogP contribution in [-0.2, 0) is 11.8 Å². The zero-order valence-electron chi connectivity index (χ0n) is 14.4. The molecule has 0 saturated carbocycles. The van der Waals surface area contributed by atoms with Crippen LogP contribution in [-0.4, -0.2) is 36.0 Å². The Balaban J connectivity index is 0.00000225. The molecule has 8 heteroatoms. The number of ether oxygens (including phenoxy) is 2. The fourth-order valence-corrected chi connectivity index (χ4v) is 2.91. The summed E-state index contributed by atoms with van der Waals surface area (Å²) in [5.41, 5.74) is 7.93. The number of nitrogens with one attached hydrogen (secondary N) is 1. The zero-order valence-corrected chi connectivity index (χ0v) is 16.7. The van der Waals surface area contributed by atoms with Gasteiger partial charge >= 0.3 is 0 Å². The minimum Gasteiger partial charge on any atom is -0.497 e. The SMILES string of the molecule is COc1cccc(NC(N)=NC[C@@H]2CCO[C@H]2c2ccnn2C)c1.I. The van der Waals surface area contributed by atoms with Gasteiger partial charge in [-0.3, -0.25) is 9.67 Å². The van der Waals surface area contributed by atoms with Gasteiger partial charge in [0.05, 0.1) is 12.8 Å². The van der Waals surface area contributed by atoms with Gasteiger partial charge in [-0.1, -0.05) is 6.07 Å². The Hall–Kier alpha value is -1.81. The third-order valence-electron chi connectivity index (χ3n) is 4.20. The molecule has 0 unspecified atom stereocenters. The molecule has 7 nitrogen and oxygen atoms in total. The molecule has 1 aliphatic heterocycles. The monoisotopic (exact) mass is 457 g/mol. The first-order valence-corrected chi connectivity index (χ1v) is 7.98. The van der Waals surface area contributed by atoms with Gasteiger partial charge in [-0.25, -0.2) is 0 Å². The van der Waals surface area contributed by atoms with E-state index in [1.54, 1.807) is 13.3 Å². The molecule has 0 bridgehead atoms. The number of methoxy groups -OCH3 is 1. The van der Waals surface area contributed by atoms with Crippen molar-refractivity contribution >= 4 is 35.6 Å². The number of aromatic nitrogens is 2. The van der Waals surface area contributed by atoms with Crippen molar-refractivity contribution in [1.29, 1.82) is 0 Å². The van der Waals surface area contributed by atoms with Gasteiger partial charge in [-0.05, 0) is 24.6 Å². The number of anilines is 1. The Morgan fingerprint density at radius 2 is 2.32 bits per heavy atom. The summed E-state index contributed by atoms with van der Waals surface area (Å²) in [4.78, 5) is 4.48. The summed E-state index contributed by atoms with van der Waals surface area (Å²) in [7, 11) is 3.56. The van der Waals surface area contributed by atoms with Gasteiger partial charge in [0.2, 0.25) is 0 Å². The molecule has 0 radical (unpaired) electrons. The summed E-state index contributed by atoms with van der Waals surface area (Å²) in [5.74, 6) is 1.46. The lowest BCUT2D eigenvalue weighted by Gasteiger charge is -2.17. The smallest absolute Gasteiger partial charge is 0.193 e. The van der Waals surface area contributed by atoms with Crippen molar-refractivity contribution in [2.75, 3.05) is 25.6 Å². The first-order valence-electron chi connectivity index (χ1n) is 7.98. The maximum atomic E-state index is 6.01. The molecule has 0 amide bonds. The van der Waals surface area contributed by atoms with Crippen molar-refractivity contribution in [3.05, 3.63) is 42.2 Å². The number of hydrogen-bond donors (Lipinski definition) is 2. The minimum atomic E-state index is 0. The molecule has 1 saturated heterocycles. The topological polar surface area (TPSA) is 86.7 Å². The first-order chi connectivity index (χ1) is 11.7. The molecule has 2 aromatic rings. The van der Waals surface area contributed by atoms with Crippen molar-refractivity contribution in [3.63, 3.8) is 0 Å². The summed E-state index contributed by atoms with van der Waals surface area (Å²) < 4.78 is 12.9. The highest BCUT2D eigenvalue weighted by atomic mass is 127. The van der Waals surface area contributed by atoms with E-state index in [0.29, 0.717) is 18.4 Å². The number of nitrogens with zero attached hydrogens (tertiary/aromatic N) is 3. The molecule has 1 aromatic heterocycles. The Kier molecular flexibility index (Phi) is 7.06. The van der Waals surface area contributed by atoms with Gasteiger partial charge in [0.25, 0.3) is 0 Å². The fraction of sp³-hybridized carbons (Fsp3) is 0.412. The van der Waals surface area contributed by atoms with Crippen LogP contribution in [0.3, 0.4) is 0 Å². The molecule has 0 aliphatic carbocycles. The number of aliphatic imine (C=N–C) groups is 1. The molecular formula is C17H24IN5O2. The van der Waals surface area contributed by atoms with Crippen LogP contribution < -0.4 is 15.8 Å². The van der Waals surface area contributed by atoms with E-state index in [-0.39, 0.29) is 30.1 Å². The van der Waals surface area contributed by atoms with Crippen LogP contribution in [0.25, 0.3) is 0 Å². The number of guanidine groups is 1. The molecule has 3 N–H and O–H groups in total. The summed E-state index contributed by atoms with van der Waals surface area (Å²) in [5, 5.41) is 7.31. The largest absolute Gasteiger partial charge is 0.497 e. The average Bonchev–Trinajstić information content (AvgIpc) is 3.21. The predicted molar refractivity (Wildman–Crippen MR) is 109 cm³/mol. The predicted octanol–water partition coefficient (Wildman–Crippen LogP) is 2.55. The molecule has 3 rings (SSSR count). The minimum absolute atomic E-state index is 0. The van der Waals surface area contributed by atoms with E-state index in [2.05, 4.69) is 15.4 Å². The molecule has 2 heterocycles. The number of rotatable bonds is 5. The van der Waals surface area contributed by atoms with Gasteiger partial charge in [-0.2, -0.15) is 5.10 Å². The normalized spacial score (nSPS) is 20.2. The third kappa shape index (κ3) is 4.85. The van der Waals surface area contributed by atoms with Crippen molar-refractivity contribution in [2.45, 2.75) is 12.5 Å². The maximum absolute atomic E-state index is 6.01. The number of aryl methyl sites for hydroxylation is 1. The van der Waals surface area contributed by atoms with Crippen molar-refractivity contribution < 1.29 is 9.47 Å². The van der Waals surface area contributed by atoms with Gasteiger partial charge in [0, 0.05) is 44.1 Å². The highest BCUT2D eigenvalue weighted by molar-refractivity contribution is 14.0. The van der Waals surface area contributed by atoms with Gasteiger partial charge in [0.1, 0.15) is 11.9 Å². The first kappa shape index (κ1) is 19.5. The van der Waals surface area contributed by atoms with Crippen molar-refractivity contribution in [1.82, 2.24) is 9.78 Å². The van der Waals surface area contributed by atoms with Crippen LogP contribution in [0.5, 0.6) is 5.75 Å². The molecule has 1 aliphatic rings. The maximum Gasteiger partial charge on any atom is 0.193 e. The lowest BCUT2D eigenvalue weighted by Crippen LogP contribution is -2.24. The average molecular weight is 457 g/mol. The highest BCUT2D eigenvalue weighted by Crippen LogP contribution is 2.34. The van der Waals surface area contributed by atoms with E-state index in [1.807, 2.05) is 42.1 Å². The molecule has 0 spiro atoms. The van der Waals surface area contributed by atoms with Crippen LogP contribution in [0.2, 0.25) is 0 Å². The summed E-state index contributed by atoms with van der Waals surface area (Å²) in [6.45, 7) is 1.35. The number of halogens is 1. The molecule has 1 fully saturated rings. The lowest BCUT2D eigenvalue weighted by atomic mass is 9.99. The summed E-state index contributed by atoms with van der Waals surface area (Å²) >= 11 is 0. The van der Waals surface area contributed by atoms with Crippen LogP contribution >= 0.6 is 24.0 Å². The van der Waals surface area contributed by atoms with Crippen LogP contribution in [0.1, 0.15) is 18.2 Å². The van der Waals surface area contributed by atoms with E-state index in [9.17, 15) is 0 Å². The van der Waals surface area contributed by atoms with Gasteiger partial charge < -0.3 is 20.5 Å². The van der Waals surface area contributed by atoms with Crippen molar-refractivity contribution in [3.8, 4) is 5.75 Å². The molecular weight excluding hydrogens is 433 g/mol. The molecule has 136 valence electrons. The van der Waals surface area contributed by atoms with Crippen LogP contribution in [0.15, 0.2) is 41.5 Å². The zero-order chi connectivity index (χ0) is 16.9. The molecule has 2 atom stereocenters. The van der Waals surface area contributed by atoms with Gasteiger partial charge in [0.15, 0.2) is 5.96 Å². The number of hydrogen-bond acceptors (Lipinski definition) is 4. The Labute approximate surface area is 164 Å². The quantitative estimate of drug-likeness (QED) is 0.410. The summed E-state index contributed by atoms with van der Waals surface area (Å²) in [6.07, 6.45) is 2.77. The van der Waals surface area contributed by atoms with E-state index in [4.69, 9.17) is 15.2 Å². The fourth-order valence-electron chi connectivity index (χ4n) is 2.91. The lowest BCUT2D eigenvalue weighted by molar-refractivity contribution is 0.0859. The van der Waals surface area contributed by atoms with Crippen molar-refractivity contribution in [2.24, 2.45) is 23.7 Å². The van der Waals surface area contributed by atoms with E-state index in [0.717, 1.165) is 30.2 Å². The highest BCUT2D eigenvalue weighted by Gasteiger charge is 2.31.